The second kappa shape index (κ2) is 3.22. The lowest BCUT2D eigenvalue weighted by atomic mass is 10.1. The molecule has 0 aromatic heterocycles. The van der Waals surface area contributed by atoms with Gasteiger partial charge in [0, 0.05) is 5.48 Å². The van der Waals surface area contributed by atoms with Gasteiger partial charge in [-0.2, -0.15) is 0 Å². The average Bonchev–Trinajstić information content (AvgIpc) is 2.03. The van der Waals surface area contributed by atoms with Crippen LogP contribution in [-0.2, 0) is 6.37 Å². The normalized spacial score (nSPS) is 18.5. The summed E-state index contributed by atoms with van der Waals surface area (Å²) in [4.78, 5) is 0. The maximum atomic E-state index is 8.98. The van der Waals surface area contributed by atoms with Crippen LogP contribution in [0.5, 0.6) is 5.75 Å². The first kappa shape index (κ1) is 3.39. The zero-order chi connectivity index (χ0) is 11.0. The zero-order valence-electron chi connectivity index (χ0n) is 9.33. The first-order valence-electron chi connectivity index (χ1n) is 4.83. The summed E-state index contributed by atoms with van der Waals surface area (Å²) in [5, 5.41) is 8.98. The molecule has 2 heteroatoms. The summed E-state index contributed by atoms with van der Waals surface area (Å²) in [6.45, 7) is -2.45. The molecule has 0 aliphatic heterocycles. The van der Waals surface area contributed by atoms with Crippen LogP contribution in [0.2, 0.25) is 0 Å². The molecule has 54 valence electrons. The molecule has 1 rings (SSSR count). The lowest BCUT2D eigenvalue weighted by molar-refractivity contribution is 0.475. The van der Waals surface area contributed by atoms with Gasteiger partial charge in [0.1, 0.15) is 5.75 Å². The van der Waals surface area contributed by atoms with Gasteiger partial charge in [0.15, 0.2) is 0 Å². The summed E-state index contributed by atoms with van der Waals surface area (Å²) in [5.74, 6) is 0.00197. The van der Waals surface area contributed by atoms with E-state index in [0.717, 1.165) is 0 Å². The molecule has 0 saturated carbocycles. The van der Waals surface area contributed by atoms with Crippen LogP contribution < -0.4 is 5.73 Å². The summed E-state index contributed by atoms with van der Waals surface area (Å²) in [6, 6.07) is 5.19. The number of hydrogen-bond acceptors (Lipinski definition) is 2. The van der Waals surface area contributed by atoms with Crippen molar-refractivity contribution in [3.05, 3.63) is 29.8 Å². The van der Waals surface area contributed by atoms with Crippen LogP contribution in [0.15, 0.2) is 24.3 Å². The highest BCUT2D eigenvalue weighted by molar-refractivity contribution is 5.25. The number of nitrogens with two attached hydrogens (primary N) is 1. The molecule has 0 unspecified atom stereocenters. The predicted molar refractivity (Wildman–Crippen MR) is 40.9 cm³/mol. The van der Waals surface area contributed by atoms with Crippen molar-refractivity contribution in [2.75, 3.05) is 6.50 Å². The highest BCUT2D eigenvalue weighted by Gasteiger charge is 1.89. The maximum absolute atomic E-state index is 8.98. The monoisotopic (exact) mass is 141 g/mol. The van der Waals surface area contributed by atoms with E-state index in [1.54, 1.807) is 0 Å². The Morgan fingerprint density at radius 2 is 2.00 bits per heavy atom. The number of hydrogen-bond donors (Lipinski definition) is 2. The van der Waals surface area contributed by atoms with E-state index in [9.17, 15) is 0 Å². The topological polar surface area (TPSA) is 46.2 Å². The minimum absolute atomic E-state index is 0.00197. The molecule has 0 spiro atoms. The molecular weight excluding hydrogens is 126 g/mol. The third-order valence-corrected chi connectivity index (χ3v) is 1.08. The molecule has 10 heavy (non-hydrogen) atoms. The van der Waals surface area contributed by atoms with Gasteiger partial charge in [0.2, 0.25) is 0 Å². The van der Waals surface area contributed by atoms with Gasteiger partial charge in [-0.05, 0) is 30.6 Å². The second-order valence-electron chi connectivity index (χ2n) is 1.82. The molecular formula is C8H11NO. The fourth-order valence-electron chi connectivity index (χ4n) is 0.628. The molecule has 1 aromatic carbocycles. The van der Waals surface area contributed by atoms with Crippen molar-refractivity contribution in [1.82, 2.24) is 0 Å². The Morgan fingerprint density at radius 1 is 1.40 bits per heavy atom. The van der Waals surface area contributed by atoms with Gasteiger partial charge in [-0.15, -0.1) is 0 Å². The van der Waals surface area contributed by atoms with Crippen molar-refractivity contribution in [1.29, 1.82) is 0 Å². The SMILES string of the molecule is [2H]C([2H])(N)C([2H])([2H])c1ccc(O)cc1. The first-order chi connectivity index (χ1) is 6.25. The van der Waals surface area contributed by atoms with Crippen LogP contribution in [0.3, 0.4) is 0 Å². The third kappa shape index (κ3) is 1.74. The number of aryl methyl sites for hydroxylation is 1. The lowest BCUT2D eigenvalue weighted by Gasteiger charge is -1.96. The van der Waals surface area contributed by atoms with Crippen LogP contribution in [-0.4, -0.2) is 11.6 Å². The van der Waals surface area contributed by atoms with Crippen LogP contribution in [0, 0.1) is 0 Å². The fraction of sp³-hybridized carbons (Fsp3) is 0.250. The lowest BCUT2D eigenvalue weighted by Crippen LogP contribution is -2.01. The van der Waals surface area contributed by atoms with E-state index in [-0.39, 0.29) is 11.3 Å². The molecule has 0 bridgehead atoms. The Hall–Kier alpha value is -1.02. The molecule has 2 nitrogen and oxygen atoms in total. The quantitative estimate of drug-likeness (QED) is 0.642. The smallest absolute Gasteiger partial charge is 0.115 e. The van der Waals surface area contributed by atoms with Crippen LogP contribution >= 0.6 is 0 Å². The van der Waals surface area contributed by atoms with E-state index < -0.39 is 12.9 Å². The van der Waals surface area contributed by atoms with E-state index in [4.69, 9.17) is 16.3 Å². The molecule has 0 aliphatic rings. The van der Waals surface area contributed by atoms with E-state index in [0.29, 0.717) is 0 Å². The minimum Gasteiger partial charge on any atom is -0.508 e. The number of phenols is 1. The van der Waals surface area contributed by atoms with Crippen molar-refractivity contribution in [3.63, 3.8) is 0 Å². The van der Waals surface area contributed by atoms with Gasteiger partial charge >= 0.3 is 0 Å². The fourth-order valence-corrected chi connectivity index (χ4v) is 0.628. The van der Waals surface area contributed by atoms with Crippen molar-refractivity contribution < 1.29 is 10.6 Å². The predicted octanol–water partition coefficient (Wildman–Crippen LogP) is 0.893. The number of aromatic hydroxyl groups is 1. The van der Waals surface area contributed by atoms with Crippen molar-refractivity contribution >= 4 is 0 Å². The summed E-state index contributed by atoms with van der Waals surface area (Å²) in [5.41, 5.74) is 5.18. The van der Waals surface area contributed by atoms with Gasteiger partial charge < -0.3 is 10.8 Å². The molecule has 0 atom stereocenters. The van der Waals surface area contributed by atoms with E-state index >= 15 is 0 Å². The average molecular weight is 141 g/mol. The highest BCUT2D eigenvalue weighted by atomic mass is 16.3. The van der Waals surface area contributed by atoms with E-state index in [1.165, 1.54) is 24.3 Å². The molecule has 0 saturated heterocycles. The van der Waals surface area contributed by atoms with Crippen molar-refractivity contribution in [2.45, 2.75) is 6.37 Å². The number of phenolic OH excluding ortho intramolecular Hbond substituents is 1. The molecule has 0 aliphatic carbocycles. The van der Waals surface area contributed by atoms with Gasteiger partial charge in [-0.3, -0.25) is 0 Å². The Labute approximate surface area is 65.9 Å². The van der Waals surface area contributed by atoms with Crippen LogP contribution in [0.4, 0.5) is 0 Å². The number of rotatable bonds is 2. The molecule has 0 radical (unpaired) electrons. The molecule has 1 aromatic rings. The first-order valence-corrected chi connectivity index (χ1v) is 2.83. The second-order valence-corrected chi connectivity index (χ2v) is 1.82. The molecule has 0 heterocycles. The Morgan fingerprint density at radius 3 is 2.50 bits per heavy atom. The van der Waals surface area contributed by atoms with Crippen LogP contribution in [0.1, 0.15) is 11.0 Å². The standard InChI is InChI=1S/C8H11NO/c9-6-5-7-1-3-8(10)4-2-7/h1-4,10H,5-6,9H2/i5D2,6D2. The van der Waals surface area contributed by atoms with Crippen LogP contribution in [0.25, 0.3) is 0 Å². The third-order valence-electron chi connectivity index (χ3n) is 1.08. The Bertz CT molecular complexity index is 317. The summed E-state index contributed by atoms with van der Waals surface area (Å²) in [7, 11) is 0. The Kier molecular flexibility index (Phi) is 1.09. The van der Waals surface area contributed by atoms with E-state index in [1.807, 2.05) is 0 Å². The van der Waals surface area contributed by atoms with Crippen molar-refractivity contribution in [2.24, 2.45) is 5.73 Å². The largest absolute Gasteiger partial charge is 0.508 e. The number of benzene rings is 1. The Balaban J connectivity index is 3.10. The zero-order valence-corrected chi connectivity index (χ0v) is 5.33. The van der Waals surface area contributed by atoms with Gasteiger partial charge in [-0.1, -0.05) is 12.1 Å². The highest BCUT2D eigenvalue weighted by Crippen LogP contribution is 2.09. The summed E-state index contributed by atoms with van der Waals surface area (Å²) < 4.78 is 29.2. The van der Waals surface area contributed by atoms with Gasteiger partial charge in [0.25, 0.3) is 0 Å². The van der Waals surface area contributed by atoms with Crippen molar-refractivity contribution in [3.8, 4) is 5.75 Å². The molecule has 0 fully saturated rings. The minimum atomic E-state index is -2.45. The van der Waals surface area contributed by atoms with Gasteiger partial charge in [0.05, 0.1) is 0 Å². The summed E-state index contributed by atoms with van der Waals surface area (Å²) >= 11 is 0. The summed E-state index contributed by atoms with van der Waals surface area (Å²) in [6.07, 6.45) is -2.28. The molecule has 0 amide bonds. The van der Waals surface area contributed by atoms with Gasteiger partial charge in [-0.25, -0.2) is 0 Å². The van der Waals surface area contributed by atoms with E-state index in [2.05, 4.69) is 0 Å². The molecule has 3 N–H and O–H groups in total. The maximum Gasteiger partial charge on any atom is 0.115 e.